The molecule has 0 spiro atoms. The summed E-state index contributed by atoms with van der Waals surface area (Å²) in [6.45, 7) is 4.27. The number of nitrogens with one attached hydrogen (secondary N) is 1. The number of aliphatic hydroxyl groups is 1. The van der Waals surface area contributed by atoms with E-state index in [1.165, 1.54) is 0 Å². The molecule has 1 atom stereocenters. The van der Waals surface area contributed by atoms with Crippen molar-refractivity contribution in [2.45, 2.75) is 33.0 Å². The minimum Gasteiger partial charge on any atom is -0.481 e. The van der Waals surface area contributed by atoms with Crippen molar-refractivity contribution >= 4 is 21.8 Å². The van der Waals surface area contributed by atoms with Gasteiger partial charge in [0.15, 0.2) is 6.10 Å². The van der Waals surface area contributed by atoms with Crippen molar-refractivity contribution in [1.82, 2.24) is 5.32 Å². The highest BCUT2D eigenvalue weighted by atomic mass is 79.9. The molecule has 0 bridgehead atoms. The van der Waals surface area contributed by atoms with Crippen molar-refractivity contribution in [1.29, 1.82) is 0 Å². The van der Waals surface area contributed by atoms with E-state index in [0.29, 0.717) is 12.3 Å². The third kappa shape index (κ3) is 4.31. The van der Waals surface area contributed by atoms with Gasteiger partial charge in [-0.15, -0.1) is 0 Å². The van der Waals surface area contributed by atoms with Crippen molar-refractivity contribution < 1.29 is 14.6 Å². The molecule has 1 amide bonds. The number of ether oxygens (including phenoxy) is 1. The van der Waals surface area contributed by atoms with Crippen LogP contribution in [0.4, 0.5) is 0 Å². The topological polar surface area (TPSA) is 58.6 Å². The van der Waals surface area contributed by atoms with Crippen LogP contribution in [0.1, 0.15) is 25.8 Å². The summed E-state index contributed by atoms with van der Waals surface area (Å²) in [4.78, 5) is 11.6. The molecular formula is C13H18BrNO3. The van der Waals surface area contributed by atoms with Crippen LogP contribution in [-0.2, 0) is 11.4 Å². The van der Waals surface area contributed by atoms with Crippen LogP contribution in [0.25, 0.3) is 0 Å². The van der Waals surface area contributed by atoms with Crippen molar-refractivity contribution in [2.75, 3.05) is 6.54 Å². The van der Waals surface area contributed by atoms with Crippen molar-refractivity contribution in [3.63, 3.8) is 0 Å². The Balaban J connectivity index is 2.64. The van der Waals surface area contributed by atoms with E-state index in [0.717, 1.165) is 16.5 Å². The van der Waals surface area contributed by atoms with E-state index in [1.54, 1.807) is 25.1 Å². The smallest absolute Gasteiger partial charge is 0.260 e. The van der Waals surface area contributed by atoms with Gasteiger partial charge in [-0.25, -0.2) is 0 Å². The number of carbonyl (C=O) groups excluding carboxylic acids is 1. The van der Waals surface area contributed by atoms with Crippen LogP contribution >= 0.6 is 15.9 Å². The Labute approximate surface area is 115 Å². The first kappa shape index (κ1) is 15.0. The maximum absolute atomic E-state index is 11.6. The van der Waals surface area contributed by atoms with Gasteiger partial charge in [0.2, 0.25) is 0 Å². The first-order valence-corrected chi connectivity index (χ1v) is 6.71. The predicted molar refractivity (Wildman–Crippen MR) is 73.5 cm³/mol. The van der Waals surface area contributed by atoms with Gasteiger partial charge in [0.1, 0.15) is 5.75 Å². The average molecular weight is 316 g/mol. The second-order valence-corrected chi connectivity index (χ2v) is 4.82. The summed E-state index contributed by atoms with van der Waals surface area (Å²) in [7, 11) is 0. The summed E-state index contributed by atoms with van der Waals surface area (Å²) in [5.41, 5.74) is 0.730. The van der Waals surface area contributed by atoms with Crippen molar-refractivity contribution in [2.24, 2.45) is 0 Å². The minimum atomic E-state index is -0.552. The third-order valence-electron chi connectivity index (χ3n) is 2.42. The number of amides is 1. The van der Waals surface area contributed by atoms with Gasteiger partial charge in [-0.05, 0) is 37.1 Å². The van der Waals surface area contributed by atoms with Crippen LogP contribution in [0, 0.1) is 0 Å². The molecule has 0 aliphatic rings. The van der Waals surface area contributed by atoms with Gasteiger partial charge in [-0.3, -0.25) is 4.79 Å². The summed E-state index contributed by atoms with van der Waals surface area (Å²) in [6.07, 6.45) is 0.343. The van der Waals surface area contributed by atoms with E-state index >= 15 is 0 Å². The summed E-state index contributed by atoms with van der Waals surface area (Å²) < 4.78 is 6.35. The lowest BCUT2D eigenvalue weighted by atomic mass is 10.2. The first-order chi connectivity index (χ1) is 8.58. The fourth-order valence-electron chi connectivity index (χ4n) is 1.40. The SMILES string of the molecule is CCCNC(=O)C(C)Oc1ccc(Br)c(CO)c1. The molecule has 4 nitrogen and oxygen atoms in total. The molecule has 0 aliphatic heterocycles. The molecule has 1 aromatic rings. The largest absolute Gasteiger partial charge is 0.481 e. The van der Waals surface area contributed by atoms with Gasteiger partial charge in [-0.2, -0.15) is 0 Å². The molecule has 5 heteroatoms. The van der Waals surface area contributed by atoms with E-state index in [9.17, 15) is 4.79 Å². The molecule has 0 saturated heterocycles. The summed E-state index contributed by atoms with van der Waals surface area (Å²) in [5.74, 6) is 0.437. The zero-order chi connectivity index (χ0) is 13.5. The van der Waals surface area contributed by atoms with Gasteiger partial charge in [0, 0.05) is 11.0 Å². The molecule has 0 radical (unpaired) electrons. The Morgan fingerprint density at radius 3 is 2.89 bits per heavy atom. The highest BCUT2D eigenvalue weighted by Gasteiger charge is 2.14. The molecule has 0 saturated carbocycles. The van der Waals surface area contributed by atoms with Gasteiger partial charge < -0.3 is 15.2 Å². The zero-order valence-corrected chi connectivity index (χ0v) is 12.2. The summed E-state index contributed by atoms with van der Waals surface area (Å²) in [5, 5.41) is 11.9. The molecule has 0 heterocycles. The average Bonchev–Trinajstić information content (AvgIpc) is 2.37. The molecule has 100 valence electrons. The zero-order valence-electron chi connectivity index (χ0n) is 10.6. The van der Waals surface area contributed by atoms with E-state index in [2.05, 4.69) is 21.2 Å². The van der Waals surface area contributed by atoms with Gasteiger partial charge in [0.05, 0.1) is 6.61 Å². The van der Waals surface area contributed by atoms with Crippen LogP contribution in [0.5, 0.6) is 5.75 Å². The standard InChI is InChI=1S/C13H18BrNO3/c1-3-6-15-13(17)9(2)18-11-4-5-12(14)10(7-11)8-16/h4-5,7,9,16H,3,6,8H2,1-2H3,(H,15,17). The van der Waals surface area contributed by atoms with Gasteiger partial charge in [-0.1, -0.05) is 22.9 Å². The third-order valence-corrected chi connectivity index (χ3v) is 3.19. The molecule has 0 aliphatic carbocycles. The monoisotopic (exact) mass is 315 g/mol. The van der Waals surface area contributed by atoms with Crippen LogP contribution < -0.4 is 10.1 Å². The molecule has 1 aromatic carbocycles. The van der Waals surface area contributed by atoms with E-state index < -0.39 is 6.10 Å². The molecule has 2 N–H and O–H groups in total. The van der Waals surface area contributed by atoms with Crippen LogP contribution in [-0.4, -0.2) is 23.7 Å². The van der Waals surface area contributed by atoms with Crippen LogP contribution in [0.3, 0.4) is 0 Å². The fourth-order valence-corrected chi connectivity index (χ4v) is 1.77. The number of hydrogen-bond acceptors (Lipinski definition) is 3. The fraction of sp³-hybridized carbons (Fsp3) is 0.462. The predicted octanol–water partition coefficient (Wildman–Crippen LogP) is 2.23. The number of carbonyl (C=O) groups is 1. The lowest BCUT2D eigenvalue weighted by molar-refractivity contribution is -0.127. The van der Waals surface area contributed by atoms with E-state index in [-0.39, 0.29) is 12.5 Å². The number of rotatable bonds is 6. The quantitative estimate of drug-likeness (QED) is 0.846. The minimum absolute atomic E-state index is 0.0752. The van der Waals surface area contributed by atoms with Crippen molar-refractivity contribution in [3.8, 4) is 5.75 Å². The normalized spacial score (nSPS) is 12.0. The lowest BCUT2D eigenvalue weighted by Crippen LogP contribution is -2.36. The Morgan fingerprint density at radius 2 is 2.28 bits per heavy atom. The van der Waals surface area contributed by atoms with Gasteiger partial charge >= 0.3 is 0 Å². The number of benzene rings is 1. The second-order valence-electron chi connectivity index (χ2n) is 3.96. The summed E-state index contributed by atoms with van der Waals surface area (Å²) >= 11 is 3.33. The van der Waals surface area contributed by atoms with E-state index in [1.807, 2.05) is 6.92 Å². The highest BCUT2D eigenvalue weighted by molar-refractivity contribution is 9.10. The first-order valence-electron chi connectivity index (χ1n) is 5.92. The number of aliphatic hydroxyl groups excluding tert-OH is 1. The maximum Gasteiger partial charge on any atom is 0.260 e. The van der Waals surface area contributed by atoms with Crippen LogP contribution in [0.2, 0.25) is 0 Å². The van der Waals surface area contributed by atoms with Crippen molar-refractivity contribution in [3.05, 3.63) is 28.2 Å². The highest BCUT2D eigenvalue weighted by Crippen LogP contribution is 2.23. The molecule has 0 fully saturated rings. The Kier molecular flexibility index (Phi) is 6.15. The van der Waals surface area contributed by atoms with E-state index in [4.69, 9.17) is 9.84 Å². The van der Waals surface area contributed by atoms with Gasteiger partial charge in [0.25, 0.3) is 5.91 Å². The number of hydrogen-bond donors (Lipinski definition) is 2. The number of halogens is 1. The summed E-state index contributed by atoms with van der Waals surface area (Å²) in [6, 6.07) is 5.26. The molecule has 0 aromatic heterocycles. The lowest BCUT2D eigenvalue weighted by Gasteiger charge is -2.15. The molecular weight excluding hydrogens is 298 g/mol. The van der Waals surface area contributed by atoms with Crippen LogP contribution in [0.15, 0.2) is 22.7 Å². The molecule has 1 unspecified atom stereocenters. The Hall–Kier alpha value is -1.07. The Bertz CT molecular complexity index is 409. The Morgan fingerprint density at radius 1 is 1.56 bits per heavy atom. The molecule has 18 heavy (non-hydrogen) atoms. The second kappa shape index (κ2) is 7.38. The maximum atomic E-state index is 11.6. The molecule has 1 rings (SSSR count).